The van der Waals surface area contributed by atoms with Crippen LogP contribution < -0.4 is 0 Å². The van der Waals surface area contributed by atoms with Gasteiger partial charge in [0.15, 0.2) is 0 Å². The Morgan fingerprint density at radius 2 is 1.33 bits per heavy atom. The highest BCUT2D eigenvalue weighted by Gasteiger charge is 2.22. The van der Waals surface area contributed by atoms with Gasteiger partial charge in [-0.1, -0.05) is 44.8 Å². The minimum absolute atomic E-state index is 1.28. The Kier molecular flexibility index (Phi) is 11.6. The SMILES string of the molecule is CC=CCCCCCCC.O=S(=O)(O)S(=O)(=O)O. The number of hydrogen-bond acceptors (Lipinski definition) is 4. The Morgan fingerprint density at radius 1 is 0.889 bits per heavy atom. The van der Waals surface area contributed by atoms with Crippen molar-refractivity contribution in [1.29, 1.82) is 0 Å². The lowest BCUT2D eigenvalue weighted by atomic mass is 10.1. The van der Waals surface area contributed by atoms with Crippen LogP contribution in [-0.4, -0.2) is 25.9 Å². The van der Waals surface area contributed by atoms with Crippen LogP contribution in [0.25, 0.3) is 0 Å². The van der Waals surface area contributed by atoms with Crippen LogP contribution in [0.2, 0.25) is 0 Å². The maximum atomic E-state index is 9.37. The molecule has 0 amide bonds. The minimum atomic E-state index is -5.31. The molecule has 0 aliphatic carbocycles. The summed E-state index contributed by atoms with van der Waals surface area (Å²) in [6.07, 6.45) is 12.7. The first-order valence-corrected chi connectivity index (χ1v) is 9.12. The van der Waals surface area contributed by atoms with E-state index in [2.05, 4.69) is 26.0 Å². The molecule has 0 spiro atoms. The third kappa shape index (κ3) is 13.6. The van der Waals surface area contributed by atoms with Gasteiger partial charge in [-0.2, -0.15) is 16.8 Å². The monoisotopic (exact) mass is 302 g/mol. The molecule has 0 saturated carbocycles. The van der Waals surface area contributed by atoms with Crippen LogP contribution in [-0.2, 0) is 18.3 Å². The molecule has 0 aromatic carbocycles. The number of unbranched alkanes of at least 4 members (excludes halogenated alkanes) is 5. The summed E-state index contributed by atoms with van der Waals surface area (Å²) in [4.78, 5) is 0. The van der Waals surface area contributed by atoms with Crippen LogP contribution in [0.3, 0.4) is 0 Å². The van der Waals surface area contributed by atoms with E-state index < -0.39 is 18.3 Å². The van der Waals surface area contributed by atoms with Crippen LogP contribution in [0.4, 0.5) is 0 Å². The molecule has 0 fully saturated rings. The second-order valence-electron chi connectivity index (χ2n) is 3.63. The number of rotatable bonds is 7. The Balaban J connectivity index is 0. The highest BCUT2D eigenvalue weighted by molar-refractivity contribution is 8.62. The molecule has 0 aliphatic rings. The maximum absolute atomic E-state index is 9.37. The van der Waals surface area contributed by atoms with Gasteiger partial charge in [0.2, 0.25) is 0 Å². The predicted molar refractivity (Wildman–Crippen MR) is 71.3 cm³/mol. The average Bonchev–Trinajstić information content (AvgIpc) is 2.21. The lowest BCUT2D eigenvalue weighted by molar-refractivity contribution is 0.460. The zero-order valence-corrected chi connectivity index (χ0v) is 12.4. The molecule has 2 N–H and O–H groups in total. The summed E-state index contributed by atoms with van der Waals surface area (Å²) in [7, 11) is -10.6. The Bertz CT molecular complexity index is 378. The topological polar surface area (TPSA) is 109 Å². The van der Waals surface area contributed by atoms with Crippen molar-refractivity contribution in [3.05, 3.63) is 12.2 Å². The summed E-state index contributed by atoms with van der Waals surface area (Å²) in [5, 5.41) is 0. The van der Waals surface area contributed by atoms with Crippen molar-refractivity contribution in [1.82, 2.24) is 0 Å². The molecule has 0 aromatic rings. The zero-order chi connectivity index (χ0) is 14.7. The van der Waals surface area contributed by atoms with Crippen molar-refractivity contribution in [3.63, 3.8) is 0 Å². The molecule has 0 rings (SSSR count). The number of allylic oxidation sites excluding steroid dienone is 2. The molecule has 0 bridgehead atoms. The van der Waals surface area contributed by atoms with Gasteiger partial charge in [0.1, 0.15) is 0 Å². The lowest BCUT2D eigenvalue weighted by Crippen LogP contribution is -2.11. The van der Waals surface area contributed by atoms with E-state index in [0.29, 0.717) is 0 Å². The highest BCUT2D eigenvalue weighted by atomic mass is 33.2. The Labute approximate surface area is 109 Å². The fraction of sp³-hybridized carbons (Fsp3) is 0.800. The van der Waals surface area contributed by atoms with Crippen LogP contribution in [0.5, 0.6) is 0 Å². The van der Waals surface area contributed by atoms with Crippen LogP contribution in [0.1, 0.15) is 52.4 Å². The van der Waals surface area contributed by atoms with Crippen LogP contribution >= 0.6 is 0 Å². The predicted octanol–water partition coefficient (Wildman–Crippen LogP) is 2.60. The van der Waals surface area contributed by atoms with E-state index in [0.717, 1.165) is 0 Å². The highest BCUT2D eigenvalue weighted by Crippen LogP contribution is 2.04. The summed E-state index contributed by atoms with van der Waals surface area (Å²) in [5.41, 5.74) is 0. The van der Waals surface area contributed by atoms with Crippen molar-refractivity contribution in [2.75, 3.05) is 0 Å². The van der Waals surface area contributed by atoms with Crippen LogP contribution in [0, 0.1) is 0 Å². The largest absolute Gasteiger partial charge is 0.397 e. The van der Waals surface area contributed by atoms with Gasteiger partial charge in [0.25, 0.3) is 0 Å². The zero-order valence-electron chi connectivity index (χ0n) is 10.7. The van der Waals surface area contributed by atoms with E-state index in [1.54, 1.807) is 0 Å². The van der Waals surface area contributed by atoms with E-state index in [4.69, 9.17) is 9.11 Å². The van der Waals surface area contributed by atoms with Gasteiger partial charge < -0.3 is 0 Å². The van der Waals surface area contributed by atoms with E-state index in [1.165, 1.54) is 38.5 Å². The van der Waals surface area contributed by atoms with Gasteiger partial charge in [-0.3, -0.25) is 9.11 Å². The molecule has 0 unspecified atom stereocenters. The van der Waals surface area contributed by atoms with Gasteiger partial charge in [-0.05, 0) is 19.8 Å². The van der Waals surface area contributed by atoms with Crippen molar-refractivity contribution >= 4 is 18.3 Å². The quantitative estimate of drug-likeness (QED) is 0.324. The molecule has 6 nitrogen and oxygen atoms in total. The fourth-order valence-electron chi connectivity index (χ4n) is 1.03. The van der Waals surface area contributed by atoms with E-state index in [9.17, 15) is 16.8 Å². The molecule has 0 aromatic heterocycles. The van der Waals surface area contributed by atoms with E-state index >= 15 is 0 Å². The Hall–Kier alpha value is -0.440. The molecule has 0 heterocycles. The standard InChI is InChI=1S/C10H20.H2O6S2/c1-3-5-7-9-10-8-6-4-2;1-7(2,3)8(4,5)6/h3,5H,4,6-10H2,1-2H3;(H,1,2,3)(H,4,5,6). The first-order chi connectivity index (χ1) is 8.16. The summed E-state index contributed by atoms with van der Waals surface area (Å²) in [6.45, 7) is 4.35. The van der Waals surface area contributed by atoms with Crippen molar-refractivity contribution in [2.24, 2.45) is 0 Å². The third-order valence-corrected chi connectivity index (χ3v) is 4.11. The molecule has 110 valence electrons. The lowest BCUT2D eigenvalue weighted by Gasteiger charge is -1.95. The first kappa shape index (κ1) is 19.9. The second kappa shape index (κ2) is 10.5. The molecule has 0 atom stereocenters. The van der Waals surface area contributed by atoms with Crippen molar-refractivity contribution in [3.8, 4) is 0 Å². The van der Waals surface area contributed by atoms with Gasteiger partial charge >= 0.3 is 18.3 Å². The maximum Gasteiger partial charge on any atom is 0.397 e. The van der Waals surface area contributed by atoms with Gasteiger partial charge in [-0.25, -0.2) is 0 Å². The molecular weight excluding hydrogens is 280 g/mol. The molecule has 0 aliphatic heterocycles. The van der Waals surface area contributed by atoms with Gasteiger partial charge in [-0.15, -0.1) is 0 Å². The van der Waals surface area contributed by atoms with Gasteiger partial charge in [0, 0.05) is 0 Å². The molecule has 0 radical (unpaired) electrons. The molecule has 0 saturated heterocycles. The molecule has 18 heavy (non-hydrogen) atoms. The molecule has 8 heteroatoms. The smallest absolute Gasteiger partial charge is 0.272 e. The summed E-state index contributed by atoms with van der Waals surface area (Å²) < 4.78 is 52.5. The summed E-state index contributed by atoms with van der Waals surface area (Å²) in [5.74, 6) is 0. The second-order valence-corrected chi connectivity index (χ2v) is 7.87. The summed E-state index contributed by atoms with van der Waals surface area (Å²) in [6, 6.07) is 0. The minimum Gasteiger partial charge on any atom is -0.272 e. The molecular formula is C10H22O6S2. The number of hydrogen-bond donors (Lipinski definition) is 2. The van der Waals surface area contributed by atoms with Crippen LogP contribution in [0.15, 0.2) is 12.2 Å². The van der Waals surface area contributed by atoms with E-state index in [-0.39, 0.29) is 0 Å². The summed E-state index contributed by atoms with van der Waals surface area (Å²) >= 11 is 0. The van der Waals surface area contributed by atoms with Crippen molar-refractivity contribution < 1.29 is 25.9 Å². The Morgan fingerprint density at radius 3 is 1.67 bits per heavy atom. The average molecular weight is 302 g/mol. The van der Waals surface area contributed by atoms with Crippen molar-refractivity contribution in [2.45, 2.75) is 52.4 Å². The van der Waals surface area contributed by atoms with E-state index in [1.807, 2.05) is 0 Å². The first-order valence-electron chi connectivity index (χ1n) is 5.72. The normalized spacial score (nSPS) is 12.2. The fourth-order valence-corrected chi connectivity index (χ4v) is 1.03. The van der Waals surface area contributed by atoms with Gasteiger partial charge in [0.05, 0.1) is 0 Å². The third-order valence-electron chi connectivity index (χ3n) is 1.98.